The van der Waals surface area contributed by atoms with Crippen molar-refractivity contribution >= 4 is 24.1 Å². The first-order chi connectivity index (χ1) is 21.5. The molecule has 0 aromatic heterocycles. The normalized spacial score (nSPS) is 46.2. The molecule has 0 aromatic rings. The van der Waals surface area contributed by atoms with Gasteiger partial charge in [-0.2, -0.15) is 0 Å². The van der Waals surface area contributed by atoms with E-state index in [0.29, 0.717) is 23.7 Å². The van der Waals surface area contributed by atoms with Gasteiger partial charge in [0.1, 0.15) is 12.4 Å². The average molecular weight is 648 g/mol. The lowest BCUT2D eigenvalue weighted by molar-refractivity contribution is -0.202. The van der Waals surface area contributed by atoms with E-state index >= 15 is 0 Å². The van der Waals surface area contributed by atoms with Gasteiger partial charge in [-0.15, -0.1) is 0 Å². The van der Waals surface area contributed by atoms with Crippen LogP contribution >= 0.6 is 0 Å². The number of amides is 1. The van der Waals surface area contributed by atoms with E-state index in [1.54, 1.807) is 13.8 Å². The van der Waals surface area contributed by atoms with E-state index < -0.39 is 41.1 Å². The number of halogens is 2. The molecule has 7 nitrogen and oxygen atoms in total. The molecule has 12 unspecified atom stereocenters. The van der Waals surface area contributed by atoms with E-state index in [4.69, 9.17) is 4.74 Å². The molecule has 6 rings (SSSR count). The first-order valence-electron chi connectivity index (χ1n) is 18.0. The molecule has 2 N–H and O–H groups in total. The lowest BCUT2D eigenvalue weighted by Crippen LogP contribution is -2.62. The number of rotatable bonds is 7. The van der Waals surface area contributed by atoms with Gasteiger partial charge in [-0.3, -0.25) is 14.4 Å². The maximum Gasteiger partial charge on any atom is 0.307 e. The maximum absolute atomic E-state index is 14.8. The average Bonchev–Trinajstić information content (AvgIpc) is 3.55. The van der Waals surface area contributed by atoms with Gasteiger partial charge in [-0.1, -0.05) is 41.0 Å². The van der Waals surface area contributed by atoms with Gasteiger partial charge in [-0.25, -0.2) is 8.78 Å². The number of alkyl halides is 2. The van der Waals surface area contributed by atoms with Crippen LogP contribution in [0.15, 0.2) is 0 Å². The summed E-state index contributed by atoms with van der Waals surface area (Å²) >= 11 is 0. The van der Waals surface area contributed by atoms with Crippen LogP contribution in [-0.2, 0) is 23.9 Å². The third kappa shape index (κ3) is 5.32. The van der Waals surface area contributed by atoms with Gasteiger partial charge in [0.05, 0.1) is 23.8 Å². The van der Waals surface area contributed by atoms with Crippen molar-refractivity contribution in [3.05, 3.63) is 0 Å². The van der Waals surface area contributed by atoms with Crippen LogP contribution < -0.4 is 5.32 Å². The molecule has 0 spiro atoms. The number of ether oxygens (including phenoxy) is 1. The van der Waals surface area contributed by atoms with Gasteiger partial charge in [0.25, 0.3) is 5.92 Å². The fourth-order valence-electron chi connectivity index (χ4n) is 12.7. The maximum atomic E-state index is 14.8. The molecule has 1 amide bonds. The van der Waals surface area contributed by atoms with Gasteiger partial charge in [0.2, 0.25) is 5.91 Å². The molecule has 6 saturated carbocycles. The molecular weight excluding hydrogens is 592 g/mol. The summed E-state index contributed by atoms with van der Waals surface area (Å²) < 4.78 is 35.7. The minimum absolute atomic E-state index is 0.0953. The van der Waals surface area contributed by atoms with E-state index in [9.17, 15) is 33.1 Å². The van der Waals surface area contributed by atoms with Crippen molar-refractivity contribution in [2.75, 3.05) is 0 Å². The zero-order valence-electron chi connectivity index (χ0n) is 28.4. The summed E-state index contributed by atoms with van der Waals surface area (Å²) in [5, 5.41) is 12.1. The van der Waals surface area contributed by atoms with E-state index in [1.807, 2.05) is 0 Å². The summed E-state index contributed by atoms with van der Waals surface area (Å²) in [4.78, 5) is 49.6. The third-order valence-electron chi connectivity index (χ3n) is 14.9. The first-order valence-corrected chi connectivity index (χ1v) is 18.0. The number of nitrogens with one attached hydrogen (secondary N) is 1. The number of hydrogen-bond donors (Lipinski definition) is 2. The second kappa shape index (κ2) is 11.5. The van der Waals surface area contributed by atoms with Crippen LogP contribution in [0.5, 0.6) is 0 Å². The molecule has 0 radical (unpaired) electrons. The van der Waals surface area contributed by atoms with Gasteiger partial charge < -0.3 is 20.0 Å². The van der Waals surface area contributed by atoms with Crippen molar-refractivity contribution in [2.24, 2.45) is 63.1 Å². The van der Waals surface area contributed by atoms with E-state index in [-0.39, 0.29) is 53.5 Å². The standard InChI is InChI=1S/C37H55F2NO6/c1-21-24-10-14-35(5)25-11-16-36(32(45)40-29-17-22(31(43)44)18-37(29,38)39)13-6-7-26(36)23(25)8-9-28(35)34(24,4)15-12-27(21)46-30(42)19-33(2,3)20-41/h20-29H,6-19H2,1-5H3,(H,40,45)(H,43,44). The topological polar surface area (TPSA) is 110 Å². The molecule has 0 bridgehead atoms. The van der Waals surface area contributed by atoms with E-state index in [0.717, 1.165) is 76.9 Å². The third-order valence-corrected chi connectivity index (χ3v) is 14.9. The first kappa shape index (κ1) is 33.8. The molecule has 9 heteroatoms. The highest BCUT2D eigenvalue weighted by Crippen LogP contribution is 2.72. The Morgan fingerprint density at radius 1 is 0.935 bits per heavy atom. The van der Waals surface area contributed by atoms with Crippen LogP contribution in [0.4, 0.5) is 8.78 Å². The Labute approximate surface area is 272 Å². The fourth-order valence-corrected chi connectivity index (χ4v) is 12.7. The van der Waals surface area contributed by atoms with Crippen LogP contribution in [-0.4, -0.2) is 47.3 Å². The summed E-state index contributed by atoms with van der Waals surface area (Å²) in [6.07, 6.45) is 10.3. The van der Waals surface area contributed by atoms with Crippen LogP contribution in [0.3, 0.4) is 0 Å². The molecule has 46 heavy (non-hydrogen) atoms. The summed E-state index contributed by atoms with van der Waals surface area (Å²) in [5.74, 6) is -3.78. The molecule has 258 valence electrons. The predicted octanol–water partition coefficient (Wildman–Crippen LogP) is 7.20. The monoisotopic (exact) mass is 647 g/mol. The lowest BCUT2D eigenvalue weighted by Gasteiger charge is -2.67. The number of carbonyl (C=O) groups excluding carboxylic acids is 3. The molecule has 6 aliphatic rings. The van der Waals surface area contributed by atoms with Crippen molar-refractivity contribution in [3.8, 4) is 0 Å². The summed E-state index contributed by atoms with van der Waals surface area (Å²) in [6, 6.07) is -1.41. The number of fused-ring (bicyclic) bond motifs is 7. The number of esters is 1. The highest BCUT2D eigenvalue weighted by molar-refractivity contribution is 5.84. The van der Waals surface area contributed by atoms with Crippen LogP contribution in [0.1, 0.15) is 125 Å². The fraction of sp³-hybridized carbons (Fsp3) is 0.892. The predicted molar refractivity (Wildman–Crippen MR) is 168 cm³/mol. The smallest absolute Gasteiger partial charge is 0.307 e. The van der Waals surface area contributed by atoms with Crippen LogP contribution in [0.25, 0.3) is 0 Å². The number of hydrogen-bond acceptors (Lipinski definition) is 5. The van der Waals surface area contributed by atoms with Crippen LogP contribution in [0.2, 0.25) is 0 Å². The van der Waals surface area contributed by atoms with Crippen molar-refractivity contribution < 1.29 is 37.8 Å². The molecule has 0 saturated heterocycles. The number of aldehydes is 1. The molecule has 0 heterocycles. The minimum atomic E-state index is -3.21. The van der Waals surface area contributed by atoms with Gasteiger partial charge in [0, 0.05) is 11.8 Å². The summed E-state index contributed by atoms with van der Waals surface area (Å²) in [7, 11) is 0. The Kier molecular flexibility index (Phi) is 8.48. The molecule has 12 atom stereocenters. The molecule has 6 fully saturated rings. The van der Waals surface area contributed by atoms with Crippen molar-refractivity contribution in [1.29, 1.82) is 0 Å². The largest absolute Gasteiger partial charge is 0.481 e. The second-order valence-corrected chi connectivity index (χ2v) is 17.7. The Balaban J connectivity index is 1.16. The highest BCUT2D eigenvalue weighted by Gasteiger charge is 2.66. The molecule has 6 aliphatic carbocycles. The van der Waals surface area contributed by atoms with Gasteiger partial charge in [0.15, 0.2) is 0 Å². The Morgan fingerprint density at radius 3 is 2.28 bits per heavy atom. The summed E-state index contributed by atoms with van der Waals surface area (Å²) in [6.45, 7) is 10.8. The molecular formula is C37H55F2NO6. The Hall–Kier alpha value is -2.06. The Bertz CT molecular complexity index is 1250. The van der Waals surface area contributed by atoms with E-state index in [2.05, 4.69) is 26.1 Å². The molecule has 0 aromatic carbocycles. The minimum Gasteiger partial charge on any atom is -0.481 e. The molecule has 0 aliphatic heterocycles. The zero-order chi connectivity index (χ0) is 33.4. The zero-order valence-corrected chi connectivity index (χ0v) is 28.4. The van der Waals surface area contributed by atoms with Crippen LogP contribution in [0, 0.1) is 63.1 Å². The van der Waals surface area contributed by atoms with Gasteiger partial charge in [-0.05, 0) is 117 Å². The Morgan fingerprint density at radius 2 is 1.61 bits per heavy atom. The van der Waals surface area contributed by atoms with Crippen molar-refractivity contribution in [1.82, 2.24) is 5.32 Å². The van der Waals surface area contributed by atoms with Gasteiger partial charge >= 0.3 is 11.9 Å². The van der Waals surface area contributed by atoms with Crippen molar-refractivity contribution in [3.63, 3.8) is 0 Å². The SMILES string of the molecule is CC1C(OC(=O)CC(C)(C)C=O)CCC2(C)C1CCC1(C)C3CCC4(C(=O)NC5CC(C(=O)O)CC5(F)F)CCCC4C3CCC21. The number of carboxylic acid groups (broad SMARTS) is 1. The van der Waals surface area contributed by atoms with Crippen molar-refractivity contribution in [2.45, 2.75) is 143 Å². The number of carbonyl (C=O) groups is 4. The summed E-state index contributed by atoms with van der Waals surface area (Å²) in [5.41, 5.74) is -1.07. The number of aliphatic carboxylic acids is 1. The number of carboxylic acids is 1. The highest BCUT2D eigenvalue weighted by atomic mass is 19.3. The lowest BCUT2D eigenvalue weighted by atomic mass is 9.37. The van der Waals surface area contributed by atoms with E-state index in [1.165, 1.54) is 0 Å². The quantitative estimate of drug-likeness (QED) is 0.223. The second-order valence-electron chi connectivity index (χ2n) is 17.7.